The van der Waals surface area contributed by atoms with Crippen molar-refractivity contribution in [1.29, 1.82) is 0 Å². The van der Waals surface area contributed by atoms with Crippen LogP contribution in [0.25, 0.3) is 11.1 Å². The fourth-order valence-electron chi connectivity index (χ4n) is 2.91. The number of ether oxygens (including phenoxy) is 1. The van der Waals surface area contributed by atoms with E-state index in [-0.39, 0.29) is 24.5 Å². The van der Waals surface area contributed by atoms with E-state index in [1.54, 1.807) is 23.1 Å². The molecule has 0 spiro atoms. The number of amides is 1. The summed E-state index contributed by atoms with van der Waals surface area (Å²) in [6.07, 6.45) is 0.550. The molecule has 138 valence electrons. The summed E-state index contributed by atoms with van der Waals surface area (Å²) < 4.78 is 4.71. The molecule has 0 saturated heterocycles. The fourth-order valence-corrected chi connectivity index (χ4v) is 2.91. The van der Waals surface area contributed by atoms with Crippen molar-refractivity contribution in [2.45, 2.75) is 26.3 Å². The number of methoxy groups -OCH3 is 1. The van der Waals surface area contributed by atoms with Crippen LogP contribution in [0.4, 0.5) is 0 Å². The SMILES string of the molecule is CCN(C(=O)c1cccc(-c2ccc(C(=O)OC)cc2)c1)C(C)CCO. The Labute approximate surface area is 154 Å². The van der Waals surface area contributed by atoms with Gasteiger partial charge in [-0.15, -0.1) is 0 Å². The average molecular weight is 355 g/mol. The van der Waals surface area contributed by atoms with Gasteiger partial charge in [0.2, 0.25) is 0 Å². The summed E-state index contributed by atoms with van der Waals surface area (Å²) in [7, 11) is 1.35. The molecule has 26 heavy (non-hydrogen) atoms. The maximum absolute atomic E-state index is 12.8. The maximum Gasteiger partial charge on any atom is 0.337 e. The number of esters is 1. The van der Waals surface area contributed by atoms with Crippen molar-refractivity contribution in [3.63, 3.8) is 0 Å². The summed E-state index contributed by atoms with van der Waals surface area (Å²) in [5.41, 5.74) is 2.90. The zero-order valence-electron chi connectivity index (χ0n) is 15.4. The average Bonchev–Trinajstić information content (AvgIpc) is 2.68. The van der Waals surface area contributed by atoms with Crippen LogP contribution in [0, 0.1) is 0 Å². The highest BCUT2D eigenvalue weighted by Gasteiger charge is 2.20. The van der Waals surface area contributed by atoms with Gasteiger partial charge in [0.15, 0.2) is 0 Å². The van der Waals surface area contributed by atoms with Gasteiger partial charge in [0.25, 0.3) is 5.91 Å². The van der Waals surface area contributed by atoms with Crippen LogP contribution in [0.3, 0.4) is 0 Å². The summed E-state index contributed by atoms with van der Waals surface area (Å²) in [5.74, 6) is -0.432. The first kappa shape index (κ1) is 19.7. The van der Waals surface area contributed by atoms with E-state index in [1.807, 2.05) is 44.2 Å². The van der Waals surface area contributed by atoms with Crippen molar-refractivity contribution in [2.24, 2.45) is 0 Å². The molecule has 2 rings (SSSR count). The number of aliphatic hydroxyl groups is 1. The van der Waals surface area contributed by atoms with Gasteiger partial charge >= 0.3 is 5.97 Å². The Morgan fingerprint density at radius 1 is 1.08 bits per heavy atom. The number of nitrogens with zero attached hydrogens (tertiary/aromatic N) is 1. The zero-order chi connectivity index (χ0) is 19.1. The first-order valence-corrected chi connectivity index (χ1v) is 8.72. The second-order valence-electron chi connectivity index (χ2n) is 6.10. The van der Waals surface area contributed by atoms with Gasteiger partial charge < -0.3 is 14.7 Å². The number of carbonyl (C=O) groups excluding carboxylic acids is 2. The molecule has 2 aromatic rings. The monoisotopic (exact) mass is 355 g/mol. The van der Waals surface area contributed by atoms with Crippen LogP contribution in [-0.4, -0.2) is 48.2 Å². The Balaban J connectivity index is 2.26. The van der Waals surface area contributed by atoms with E-state index in [4.69, 9.17) is 9.84 Å². The van der Waals surface area contributed by atoms with Crippen molar-refractivity contribution in [2.75, 3.05) is 20.3 Å². The molecule has 0 bridgehead atoms. The molecule has 1 N–H and O–H groups in total. The second-order valence-corrected chi connectivity index (χ2v) is 6.10. The van der Waals surface area contributed by atoms with E-state index in [2.05, 4.69) is 0 Å². The molecule has 2 aromatic carbocycles. The number of hydrogen-bond donors (Lipinski definition) is 1. The third kappa shape index (κ3) is 4.49. The molecule has 0 aliphatic carbocycles. The van der Waals surface area contributed by atoms with Crippen LogP contribution in [0.15, 0.2) is 48.5 Å². The van der Waals surface area contributed by atoms with Crippen LogP contribution in [0.5, 0.6) is 0 Å². The topological polar surface area (TPSA) is 66.8 Å². The Morgan fingerprint density at radius 2 is 1.77 bits per heavy atom. The van der Waals surface area contributed by atoms with E-state index in [1.165, 1.54) is 7.11 Å². The first-order chi connectivity index (χ1) is 12.5. The number of carbonyl (C=O) groups is 2. The smallest absolute Gasteiger partial charge is 0.337 e. The third-order valence-electron chi connectivity index (χ3n) is 4.43. The largest absolute Gasteiger partial charge is 0.465 e. The number of rotatable bonds is 7. The van der Waals surface area contributed by atoms with Crippen LogP contribution < -0.4 is 0 Å². The highest BCUT2D eigenvalue weighted by molar-refractivity contribution is 5.96. The minimum absolute atomic E-state index is 0.0273. The Bertz CT molecular complexity index is 755. The van der Waals surface area contributed by atoms with Crippen LogP contribution >= 0.6 is 0 Å². The molecular weight excluding hydrogens is 330 g/mol. The minimum atomic E-state index is -0.378. The van der Waals surface area contributed by atoms with Crippen molar-refractivity contribution >= 4 is 11.9 Å². The summed E-state index contributed by atoms with van der Waals surface area (Å²) in [5, 5.41) is 9.13. The van der Waals surface area contributed by atoms with Gasteiger partial charge in [-0.3, -0.25) is 4.79 Å². The molecule has 0 aliphatic rings. The van der Waals surface area contributed by atoms with Crippen LogP contribution in [-0.2, 0) is 4.74 Å². The van der Waals surface area contributed by atoms with Crippen LogP contribution in [0.1, 0.15) is 41.0 Å². The Morgan fingerprint density at radius 3 is 2.35 bits per heavy atom. The zero-order valence-corrected chi connectivity index (χ0v) is 15.4. The summed E-state index contributed by atoms with van der Waals surface area (Å²) in [4.78, 5) is 26.1. The molecule has 5 heteroatoms. The van der Waals surface area contributed by atoms with Gasteiger partial charge in [-0.1, -0.05) is 24.3 Å². The lowest BCUT2D eigenvalue weighted by Crippen LogP contribution is -2.39. The summed E-state index contributed by atoms with van der Waals surface area (Å²) >= 11 is 0. The van der Waals surface area contributed by atoms with E-state index in [9.17, 15) is 9.59 Å². The molecule has 0 fully saturated rings. The third-order valence-corrected chi connectivity index (χ3v) is 4.43. The Kier molecular flexibility index (Phi) is 6.92. The van der Waals surface area contributed by atoms with Gasteiger partial charge in [-0.05, 0) is 55.7 Å². The number of benzene rings is 2. The summed E-state index contributed by atoms with van der Waals surface area (Å²) in [6.45, 7) is 4.50. The van der Waals surface area contributed by atoms with E-state index >= 15 is 0 Å². The molecule has 0 saturated carbocycles. The quantitative estimate of drug-likeness (QED) is 0.773. The molecule has 0 radical (unpaired) electrons. The van der Waals surface area contributed by atoms with Gasteiger partial charge in [0, 0.05) is 24.8 Å². The van der Waals surface area contributed by atoms with Crippen molar-refractivity contribution in [1.82, 2.24) is 4.90 Å². The maximum atomic E-state index is 12.8. The second kappa shape index (κ2) is 9.15. The molecule has 1 atom stereocenters. The summed E-state index contributed by atoms with van der Waals surface area (Å²) in [6, 6.07) is 14.5. The highest BCUT2D eigenvalue weighted by atomic mass is 16.5. The molecule has 1 amide bonds. The van der Waals surface area contributed by atoms with Crippen molar-refractivity contribution in [3.8, 4) is 11.1 Å². The molecule has 0 aliphatic heterocycles. The molecule has 0 heterocycles. The molecule has 5 nitrogen and oxygen atoms in total. The fraction of sp³-hybridized carbons (Fsp3) is 0.333. The number of hydrogen-bond acceptors (Lipinski definition) is 4. The predicted octanol–water partition coefficient (Wildman–Crippen LogP) is 3.37. The lowest BCUT2D eigenvalue weighted by molar-refractivity contribution is 0.0599. The predicted molar refractivity (Wildman–Crippen MR) is 101 cm³/mol. The lowest BCUT2D eigenvalue weighted by atomic mass is 10.0. The van der Waals surface area contributed by atoms with Gasteiger partial charge in [0.1, 0.15) is 0 Å². The normalized spacial score (nSPS) is 11.7. The van der Waals surface area contributed by atoms with Gasteiger partial charge in [-0.25, -0.2) is 4.79 Å². The lowest BCUT2D eigenvalue weighted by Gasteiger charge is -2.28. The molecular formula is C21H25NO4. The van der Waals surface area contributed by atoms with Gasteiger partial charge in [-0.2, -0.15) is 0 Å². The van der Waals surface area contributed by atoms with Crippen molar-refractivity contribution < 1.29 is 19.4 Å². The van der Waals surface area contributed by atoms with E-state index in [0.717, 1.165) is 11.1 Å². The number of aliphatic hydroxyl groups excluding tert-OH is 1. The highest BCUT2D eigenvalue weighted by Crippen LogP contribution is 2.22. The van der Waals surface area contributed by atoms with E-state index in [0.29, 0.717) is 24.1 Å². The van der Waals surface area contributed by atoms with Crippen LogP contribution in [0.2, 0.25) is 0 Å². The molecule has 1 unspecified atom stereocenters. The minimum Gasteiger partial charge on any atom is -0.465 e. The molecule has 0 aromatic heterocycles. The van der Waals surface area contributed by atoms with Crippen molar-refractivity contribution in [3.05, 3.63) is 59.7 Å². The van der Waals surface area contributed by atoms with E-state index < -0.39 is 0 Å². The van der Waals surface area contributed by atoms with Gasteiger partial charge in [0.05, 0.1) is 12.7 Å². The standard InChI is InChI=1S/C21H25NO4/c1-4-22(15(2)12-13-23)20(24)19-7-5-6-18(14-19)16-8-10-17(11-9-16)21(25)26-3/h5-11,14-15,23H,4,12-13H2,1-3H3. The first-order valence-electron chi connectivity index (χ1n) is 8.72. The Hall–Kier alpha value is -2.66.